The van der Waals surface area contributed by atoms with Crippen LogP contribution in [0.5, 0.6) is 0 Å². The average Bonchev–Trinajstić information content (AvgIpc) is 3.08. The summed E-state index contributed by atoms with van der Waals surface area (Å²) in [5.41, 5.74) is 4.08. The van der Waals surface area contributed by atoms with Gasteiger partial charge in [-0.2, -0.15) is 0 Å². The Morgan fingerprint density at radius 3 is 1.44 bits per heavy atom. The van der Waals surface area contributed by atoms with Crippen molar-refractivity contribution in [3.05, 3.63) is 105 Å². The Bertz CT molecular complexity index is 1230. The number of halogens is 2. The number of nitrogens with zero attached hydrogens (tertiary/aromatic N) is 2. The van der Waals surface area contributed by atoms with Crippen LogP contribution in [0.1, 0.15) is 22.3 Å². The number of amides is 2. The van der Waals surface area contributed by atoms with Crippen molar-refractivity contribution in [1.82, 2.24) is 0 Å². The number of anilines is 1. The summed E-state index contributed by atoms with van der Waals surface area (Å²) in [5, 5.41) is 11.0. The summed E-state index contributed by atoms with van der Waals surface area (Å²) in [5.74, 6) is -1.99. The van der Waals surface area contributed by atoms with Crippen molar-refractivity contribution in [2.24, 2.45) is 11.8 Å². The minimum Gasteiger partial charge on any atom is -0.274 e. The predicted molar refractivity (Wildman–Crippen MR) is 125 cm³/mol. The molecule has 0 N–H and O–H groups in total. The number of hydrogen-bond donors (Lipinski definition) is 0. The van der Waals surface area contributed by atoms with Gasteiger partial charge in [-0.15, -0.1) is 0 Å². The highest BCUT2D eigenvalue weighted by Crippen LogP contribution is 2.70. The molecular weight excluding hydrogens is 540 g/mol. The van der Waals surface area contributed by atoms with Crippen LogP contribution in [-0.4, -0.2) is 16.7 Å². The highest BCUT2D eigenvalue weighted by atomic mass is 79.9. The van der Waals surface area contributed by atoms with Gasteiger partial charge in [-0.1, -0.05) is 80.4 Å². The van der Waals surface area contributed by atoms with Crippen LogP contribution in [0, 0.1) is 22.0 Å². The first-order valence-electron chi connectivity index (χ1n) is 10.0. The summed E-state index contributed by atoms with van der Waals surface area (Å²) in [7, 11) is 0. The molecule has 3 aliphatic carbocycles. The molecule has 7 rings (SSSR count). The minimum absolute atomic E-state index is 0.0981. The fourth-order valence-corrected chi connectivity index (χ4v) is 7.95. The molecule has 2 atom stereocenters. The molecule has 0 radical (unpaired) electrons. The van der Waals surface area contributed by atoms with Gasteiger partial charge in [-0.25, -0.2) is 4.90 Å². The van der Waals surface area contributed by atoms with Gasteiger partial charge >= 0.3 is 0 Å². The third-order valence-corrected chi connectivity index (χ3v) is 9.60. The summed E-state index contributed by atoms with van der Waals surface area (Å²) < 4.78 is -1.72. The normalized spacial score (nSPS) is 29.5. The van der Waals surface area contributed by atoms with Crippen LogP contribution in [0.15, 0.2) is 72.8 Å². The summed E-state index contributed by atoms with van der Waals surface area (Å²) >= 11 is 7.90. The first kappa shape index (κ1) is 19.8. The largest absolute Gasteiger partial charge is 0.274 e. The van der Waals surface area contributed by atoms with Gasteiger partial charge in [0.15, 0.2) is 0 Å². The number of rotatable bonds is 2. The maximum absolute atomic E-state index is 13.8. The van der Waals surface area contributed by atoms with E-state index in [4.69, 9.17) is 0 Å². The standard InChI is InChI=1S/C24H14Br2N2O4/c25-23-15-5-1-2-6-16(15)24(26,18-8-4-3-7-17(18)23)20-19(23)21(29)27(22(20)30)13-9-11-14(12-10-13)28(31)32/h1-12,19-20H. The van der Waals surface area contributed by atoms with E-state index in [1.54, 1.807) is 0 Å². The third-order valence-electron chi connectivity index (χ3n) is 6.90. The van der Waals surface area contributed by atoms with E-state index >= 15 is 0 Å². The van der Waals surface area contributed by atoms with Crippen molar-refractivity contribution in [1.29, 1.82) is 0 Å². The summed E-state index contributed by atoms with van der Waals surface area (Å²) in [6.07, 6.45) is 0. The molecule has 4 aliphatic rings. The SMILES string of the molecule is O=C1C2C(C(=O)N1c1ccc([N+](=O)[O-])cc1)C1(Br)c3ccccc3C2(Br)c2ccccc21. The zero-order valence-corrected chi connectivity index (χ0v) is 19.5. The second-order valence-electron chi connectivity index (χ2n) is 8.26. The molecule has 3 aromatic rings. The number of carbonyl (C=O) groups is 2. The fourth-order valence-electron chi connectivity index (χ4n) is 5.65. The Hall–Kier alpha value is -2.84. The molecular formula is C24H14Br2N2O4. The number of nitro groups is 1. The molecule has 1 heterocycles. The molecule has 3 aromatic carbocycles. The number of carbonyl (C=O) groups excluding carboxylic acids is 2. The molecule has 158 valence electrons. The monoisotopic (exact) mass is 552 g/mol. The van der Waals surface area contributed by atoms with E-state index in [0.717, 1.165) is 22.3 Å². The number of benzene rings is 3. The Morgan fingerprint density at radius 2 is 1.09 bits per heavy atom. The highest BCUT2D eigenvalue weighted by Gasteiger charge is 2.72. The van der Waals surface area contributed by atoms with Crippen LogP contribution in [0.3, 0.4) is 0 Å². The molecule has 6 nitrogen and oxygen atoms in total. The molecule has 0 saturated carbocycles. The Balaban J connectivity index is 1.60. The van der Waals surface area contributed by atoms with Crippen LogP contribution in [0.25, 0.3) is 0 Å². The van der Waals surface area contributed by atoms with Crippen molar-refractivity contribution < 1.29 is 14.5 Å². The molecule has 1 saturated heterocycles. The van der Waals surface area contributed by atoms with Gasteiger partial charge in [-0.05, 0) is 34.4 Å². The number of hydrogen-bond acceptors (Lipinski definition) is 4. The molecule has 2 amide bonds. The second kappa shape index (κ2) is 6.36. The van der Waals surface area contributed by atoms with Crippen molar-refractivity contribution in [3.8, 4) is 0 Å². The number of imide groups is 1. The van der Waals surface area contributed by atoms with Crippen LogP contribution in [0.2, 0.25) is 0 Å². The Morgan fingerprint density at radius 1 is 0.719 bits per heavy atom. The molecule has 0 aromatic heterocycles. The van der Waals surface area contributed by atoms with Gasteiger partial charge in [0.05, 0.1) is 31.1 Å². The van der Waals surface area contributed by atoms with Crippen LogP contribution >= 0.6 is 31.9 Å². The van der Waals surface area contributed by atoms with E-state index < -0.39 is 25.4 Å². The van der Waals surface area contributed by atoms with E-state index in [-0.39, 0.29) is 17.5 Å². The average molecular weight is 554 g/mol. The van der Waals surface area contributed by atoms with Gasteiger partial charge < -0.3 is 0 Å². The van der Waals surface area contributed by atoms with Crippen molar-refractivity contribution in [2.75, 3.05) is 4.90 Å². The maximum Gasteiger partial charge on any atom is 0.269 e. The second-order valence-corrected chi connectivity index (χ2v) is 10.8. The third kappa shape index (κ3) is 2.14. The molecule has 2 bridgehead atoms. The molecule has 1 fully saturated rings. The topological polar surface area (TPSA) is 80.5 Å². The summed E-state index contributed by atoms with van der Waals surface area (Å²) in [6, 6.07) is 21.3. The fraction of sp³-hybridized carbons (Fsp3) is 0.167. The Kier molecular flexibility index (Phi) is 3.94. The molecule has 0 spiro atoms. The van der Waals surface area contributed by atoms with E-state index in [2.05, 4.69) is 31.9 Å². The lowest BCUT2D eigenvalue weighted by Gasteiger charge is -2.55. The van der Waals surface area contributed by atoms with Crippen molar-refractivity contribution >= 4 is 55.0 Å². The van der Waals surface area contributed by atoms with Crippen molar-refractivity contribution in [3.63, 3.8) is 0 Å². The van der Waals surface area contributed by atoms with Crippen LogP contribution in [-0.2, 0) is 18.2 Å². The highest BCUT2D eigenvalue weighted by molar-refractivity contribution is 9.10. The van der Waals surface area contributed by atoms with Crippen molar-refractivity contribution in [2.45, 2.75) is 8.65 Å². The smallest absolute Gasteiger partial charge is 0.269 e. The van der Waals surface area contributed by atoms with Crippen LogP contribution in [0.4, 0.5) is 11.4 Å². The predicted octanol–water partition coefficient (Wildman–Crippen LogP) is 5.00. The number of alkyl halides is 2. The minimum atomic E-state index is -0.858. The van der Waals surface area contributed by atoms with Gasteiger partial charge in [-0.3, -0.25) is 19.7 Å². The van der Waals surface area contributed by atoms with Crippen LogP contribution < -0.4 is 4.90 Å². The lowest BCUT2D eigenvalue weighted by Crippen LogP contribution is -2.56. The lowest BCUT2D eigenvalue weighted by molar-refractivity contribution is -0.384. The zero-order valence-electron chi connectivity index (χ0n) is 16.4. The van der Waals surface area contributed by atoms with E-state index in [0.29, 0.717) is 5.69 Å². The van der Waals surface area contributed by atoms with Gasteiger partial charge in [0.25, 0.3) is 5.69 Å². The van der Waals surface area contributed by atoms with Gasteiger partial charge in [0.2, 0.25) is 11.8 Å². The molecule has 2 unspecified atom stereocenters. The first-order valence-corrected chi connectivity index (χ1v) is 11.6. The lowest BCUT2D eigenvalue weighted by atomic mass is 9.54. The summed E-state index contributed by atoms with van der Waals surface area (Å²) in [6.45, 7) is 0. The molecule has 8 heteroatoms. The van der Waals surface area contributed by atoms with E-state index in [1.807, 2.05) is 48.5 Å². The summed E-state index contributed by atoms with van der Waals surface area (Å²) in [4.78, 5) is 39.4. The van der Waals surface area contributed by atoms with E-state index in [9.17, 15) is 19.7 Å². The van der Waals surface area contributed by atoms with Gasteiger partial charge in [0.1, 0.15) is 0 Å². The zero-order chi connectivity index (χ0) is 22.4. The quantitative estimate of drug-likeness (QED) is 0.193. The van der Waals surface area contributed by atoms with Gasteiger partial charge in [0, 0.05) is 12.1 Å². The van der Waals surface area contributed by atoms with E-state index in [1.165, 1.54) is 29.2 Å². The first-order chi connectivity index (χ1) is 15.3. The number of nitro benzene ring substituents is 1. The Labute approximate surface area is 199 Å². The molecule has 1 aliphatic heterocycles. The molecule has 32 heavy (non-hydrogen) atoms. The maximum atomic E-state index is 13.8. The number of non-ortho nitro benzene ring substituents is 1.